The van der Waals surface area contributed by atoms with E-state index in [9.17, 15) is 9.18 Å². The number of thioether (sulfide) groups is 1. The van der Waals surface area contributed by atoms with Crippen LogP contribution in [0.5, 0.6) is 0 Å². The molecule has 0 saturated carbocycles. The van der Waals surface area contributed by atoms with Crippen LogP contribution in [-0.4, -0.2) is 24.0 Å². The number of hydrogen-bond donors (Lipinski definition) is 2. The highest BCUT2D eigenvalue weighted by molar-refractivity contribution is 7.99. The summed E-state index contributed by atoms with van der Waals surface area (Å²) in [6.45, 7) is 0.497. The van der Waals surface area contributed by atoms with Gasteiger partial charge in [-0.2, -0.15) is 0 Å². The van der Waals surface area contributed by atoms with Gasteiger partial charge in [0, 0.05) is 17.9 Å². The number of nitrogens with one attached hydrogen (secondary N) is 1. The van der Waals surface area contributed by atoms with Crippen LogP contribution in [0.2, 0.25) is 0 Å². The van der Waals surface area contributed by atoms with Crippen molar-refractivity contribution in [1.82, 2.24) is 5.32 Å². The van der Waals surface area contributed by atoms with Crippen LogP contribution in [-0.2, 0) is 0 Å². The molecule has 1 aromatic rings. The van der Waals surface area contributed by atoms with Crippen molar-refractivity contribution >= 4 is 23.4 Å². The van der Waals surface area contributed by atoms with Gasteiger partial charge in [-0.15, -0.1) is 18.2 Å². The van der Waals surface area contributed by atoms with Crippen molar-refractivity contribution in [3.05, 3.63) is 29.6 Å². The minimum atomic E-state index is -0.584. The van der Waals surface area contributed by atoms with Crippen LogP contribution in [0.25, 0.3) is 0 Å². The van der Waals surface area contributed by atoms with E-state index in [1.807, 2.05) is 0 Å². The molecule has 1 rings (SSSR count). The van der Waals surface area contributed by atoms with Gasteiger partial charge in [-0.25, -0.2) is 4.39 Å². The van der Waals surface area contributed by atoms with Crippen LogP contribution < -0.4 is 11.1 Å². The minimum Gasteiger partial charge on any atom is -0.396 e. The summed E-state index contributed by atoms with van der Waals surface area (Å²) in [7, 11) is 0. The van der Waals surface area contributed by atoms with Crippen LogP contribution in [0.3, 0.4) is 0 Å². The third kappa shape index (κ3) is 4.37. The lowest BCUT2D eigenvalue weighted by atomic mass is 10.2. The lowest BCUT2D eigenvalue weighted by Crippen LogP contribution is -2.25. The van der Waals surface area contributed by atoms with Gasteiger partial charge in [0.15, 0.2) is 0 Å². The molecule has 0 saturated heterocycles. The lowest BCUT2D eigenvalue weighted by molar-refractivity contribution is 0.0956. The Labute approximate surface area is 104 Å². The first-order valence-electron chi connectivity index (χ1n) is 4.99. The maximum Gasteiger partial charge on any atom is 0.251 e. The first-order valence-corrected chi connectivity index (χ1v) is 6.15. The molecule has 0 radical (unpaired) electrons. The highest BCUT2D eigenvalue weighted by Gasteiger charge is 2.07. The topological polar surface area (TPSA) is 55.1 Å². The second-order valence-corrected chi connectivity index (χ2v) is 4.35. The first-order chi connectivity index (χ1) is 8.15. The summed E-state index contributed by atoms with van der Waals surface area (Å²) in [4.78, 5) is 11.6. The number of benzene rings is 1. The second-order valence-electron chi connectivity index (χ2n) is 3.25. The Morgan fingerprint density at radius 1 is 1.59 bits per heavy atom. The van der Waals surface area contributed by atoms with E-state index in [0.29, 0.717) is 12.3 Å². The Morgan fingerprint density at radius 3 is 3.00 bits per heavy atom. The Hall–Kier alpha value is -1.67. The van der Waals surface area contributed by atoms with Crippen molar-refractivity contribution in [2.75, 3.05) is 23.8 Å². The van der Waals surface area contributed by atoms with Gasteiger partial charge in [0.25, 0.3) is 5.91 Å². The highest BCUT2D eigenvalue weighted by atomic mass is 32.2. The van der Waals surface area contributed by atoms with Gasteiger partial charge >= 0.3 is 0 Å². The summed E-state index contributed by atoms with van der Waals surface area (Å²) in [5, 5.41) is 2.67. The van der Waals surface area contributed by atoms with Crippen LogP contribution in [0.1, 0.15) is 10.4 Å². The Morgan fingerprint density at radius 2 is 2.35 bits per heavy atom. The third-order valence-electron chi connectivity index (χ3n) is 1.98. The fraction of sp³-hybridized carbons (Fsp3) is 0.250. The van der Waals surface area contributed by atoms with Gasteiger partial charge in [0.05, 0.1) is 11.4 Å². The summed E-state index contributed by atoms with van der Waals surface area (Å²) < 4.78 is 13.1. The fourth-order valence-corrected chi connectivity index (χ4v) is 1.65. The van der Waals surface area contributed by atoms with E-state index < -0.39 is 5.82 Å². The van der Waals surface area contributed by atoms with E-state index in [4.69, 9.17) is 12.2 Å². The van der Waals surface area contributed by atoms with Crippen molar-refractivity contribution in [2.45, 2.75) is 0 Å². The molecule has 0 aliphatic carbocycles. The molecule has 0 atom stereocenters. The van der Waals surface area contributed by atoms with Crippen molar-refractivity contribution in [1.29, 1.82) is 0 Å². The maximum absolute atomic E-state index is 13.1. The molecule has 0 spiro atoms. The molecule has 5 heteroatoms. The smallest absolute Gasteiger partial charge is 0.251 e. The van der Waals surface area contributed by atoms with Crippen molar-refractivity contribution < 1.29 is 9.18 Å². The molecular weight excluding hydrogens is 239 g/mol. The van der Waals surface area contributed by atoms with E-state index in [1.54, 1.807) is 11.8 Å². The molecule has 3 nitrogen and oxygen atoms in total. The van der Waals surface area contributed by atoms with Gasteiger partial charge in [-0.3, -0.25) is 4.79 Å². The van der Waals surface area contributed by atoms with Gasteiger partial charge in [0.1, 0.15) is 5.82 Å². The number of carbonyl (C=O) groups is 1. The molecule has 0 unspecified atom stereocenters. The molecule has 1 amide bonds. The number of rotatable bonds is 5. The zero-order chi connectivity index (χ0) is 12.7. The van der Waals surface area contributed by atoms with Crippen LogP contribution in [0.15, 0.2) is 18.2 Å². The highest BCUT2D eigenvalue weighted by Crippen LogP contribution is 2.11. The van der Waals surface area contributed by atoms with E-state index >= 15 is 0 Å². The van der Waals surface area contributed by atoms with Gasteiger partial charge in [-0.1, -0.05) is 5.92 Å². The largest absolute Gasteiger partial charge is 0.396 e. The average molecular weight is 252 g/mol. The summed E-state index contributed by atoms with van der Waals surface area (Å²) in [5.41, 5.74) is 5.61. The predicted octanol–water partition coefficient (Wildman–Crippen LogP) is 1.50. The number of halogens is 1. The van der Waals surface area contributed by atoms with Crippen molar-refractivity contribution in [3.8, 4) is 12.3 Å². The molecule has 0 aliphatic rings. The molecular formula is C12H13FN2OS. The summed E-state index contributed by atoms with van der Waals surface area (Å²) in [6, 6.07) is 3.99. The third-order valence-corrected chi connectivity index (χ3v) is 2.84. The quantitative estimate of drug-likeness (QED) is 0.474. The minimum absolute atomic E-state index is 0.0334. The number of nitrogen functional groups attached to an aromatic ring is 1. The number of amides is 1. The van der Waals surface area contributed by atoms with Crippen molar-refractivity contribution in [3.63, 3.8) is 0 Å². The zero-order valence-corrected chi connectivity index (χ0v) is 10.0. The van der Waals surface area contributed by atoms with Crippen LogP contribution in [0, 0.1) is 18.2 Å². The molecule has 0 aromatic heterocycles. The normalized spacial score (nSPS) is 9.65. The summed E-state index contributed by atoms with van der Waals surface area (Å²) in [6.07, 6.45) is 5.08. The monoisotopic (exact) mass is 252 g/mol. The molecule has 17 heavy (non-hydrogen) atoms. The zero-order valence-electron chi connectivity index (χ0n) is 9.20. The number of nitrogens with two attached hydrogens (primary N) is 1. The van der Waals surface area contributed by atoms with E-state index in [0.717, 1.165) is 11.8 Å². The molecule has 0 fully saturated rings. The van der Waals surface area contributed by atoms with E-state index in [-0.39, 0.29) is 17.2 Å². The Balaban J connectivity index is 2.42. The van der Waals surface area contributed by atoms with E-state index in [2.05, 4.69) is 11.2 Å². The number of anilines is 1. The molecule has 0 bridgehead atoms. The molecule has 3 N–H and O–H groups in total. The Kier molecular flexibility index (Phi) is 5.37. The van der Waals surface area contributed by atoms with Crippen molar-refractivity contribution in [2.24, 2.45) is 0 Å². The van der Waals surface area contributed by atoms with Gasteiger partial charge < -0.3 is 11.1 Å². The standard InChI is InChI=1S/C12H13FN2OS/c1-2-6-17-7-5-15-12(16)9-3-4-11(14)10(13)8-9/h1,3-4,8H,5-7,14H2,(H,15,16). The van der Waals surface area contributed by atoms with Crippen LogP contribution >= 0.6 is 11.8 Å². The summed E-state index contributed by atoms with van der Waals surface area (Å²) >= 11 is 1.55. The molecule has 90 valence electrons. The fourth-order valence-electron chi connectivity index (χ4n) is 1.14. The summed E-state index contributed by atoms with van der Waals surface area (Å²) in [5.74, 6) is 2.94. The average Bonchev–Trinajstić information content (AvgIpc) is 2.32. The number of carbonyl (C=O) groups excluding carboxylic acids is 1. The lowest BCUT2D eigenvalue weighted by Gasteiger charge is -2.05. The van der Waals surface area contributed by atoms with Gasteiger partial charge in [-0.05, 0) is 18.2 Å². The SMILES string of the molecule is C#CCSCCNC(=O)c1ccc(N)c(F)c1. The van der Waals surface area contributed by atoms with E-state index in [1.165, 1.54) is 12.1 Å². The first kappa shape index (κ1) is 13.4. The molecule has 0 heterocycles. The second kappa shape index (κ2) is 6.81. The van der Waals surface area contributed by atoms with Gasteiger partial charge in [0.2, 0.25) is 0 Å². The Bertz CT molecular complexity index is 443. The number of terminal acetylenes is 1. The molecule has 1 aromatic carbocycles. The molecule has 0 aliphatic heterocycles. The predicted molar refractivity (Wildman–Crippen MR) is 69.3 cm³/mol. The maximum atomic E-state index is 13.1. The number of hydrogen-bond acceptors (Lipinski definition) is 3. The van der Waals surface area contributed by atoms with Crippen LogP contribution in [0.4, 0.5) is 10.1 Å².